The molecule has 0 fully saturated rings. The van der Waals surface area contributed by atoms with E-state index < -0.39 is 0 Å². The molecule has 1 rings (SSSR count). The SMILES string of the molecule is CCNC(=NCC(C)c1cccc(C)c1)NCCCCCC(=O)OC.I. The fourth-order valence-corrected chi connectivity index (χ4v) is 2.53. The molecule has 0 heterocycles. The van der Waals surface area contributed by atoms with Gasteiger partial charge in [0, 0.05) is 32.0 Å². The number of ether oxygens (including phenoxy) is 1. The van der Waals surface area contributed by atoms with Crippen LogP contribution >= 0.6 is 24.0 Å². The van der Waals surface area contributed by atoms with Crippen LogP contribution in [0.4, 0.5) is 0 Å². The molecule has 2 N–H and O–H groups in total. The third kappa shape index (κ3) is 10.6. The van der Waals surface area contributed by atoms with Gasteiger partial charge in [-0.1, -0.05) is 43.2 Å². The summed E-state index contributed by atoms with van der Waals surface area (Å²) in [6, 6.07) is 8.60. The summed E-state index contributed by atoms with van der Waals surface area (Å²) in [5.41, 5.74) is 2.60. The van der Waals surface area contributed by atoms with Crippen LogP contribution in [0, 0.1) is 6.92 Å². The first kappa shape index (κ1) is 24.7. The molecule has 0 saturated heterocycles. The van der Waals surface area contributed by atoms with Gasteiger partial charge in [-0.3, -0.25) is 9.79 Å². The number of nitrogens with one attached hydrogen (secondary N) is 2. The fourth-order valence-electron chi connectivity index (χ4n) is 2.53. The van der Waals surface area contributed by atoms with E-state index in [1.54, 1.807) is 0 Å². The molecule has 6 heteroatoms. The number of carbonyl (C=O) groups is 1. The van der Waals surface area contributed by atoms with Gasteiger partial charge in [0.05, 0.1) is 7.11 Å². The zero-order chi connectivity index (χ0) is 18.5. The average molecular weight is 475 g/mol. The Morgan fingerprint density at radius 2 is 2.00 bits per heavy atom. The molecular formula is C20H34IN3O2. The largest absolute Gasteiger partial charge is 0.469 e. The van der Waals surface area contributed by atoms with E-state index in [0.717, 1.165) is 44.9 Å². The summed E-state index contributed by atoms with van der Waals surface area (Å²) in [6.07, 6.45) is 3.38. The molecule has 1 aromatic rings. The molecule has 0 spiro atoms. The zero-order valence-electron chi connectivity index (χ0n) is 16.5. The number of rotatable bonds is 10. The van der Waals surface area contributed by atoms with Crippen molar-refractivity contribution in [1.29, 1.82) is 0 Å². The number of hydrogen-bond acceptors (Lipinski definition) is 3. The molecule has 0 aliphatic heterocycles. The Bertz CT molecular complexity index is 550. The van der Waals surface area contributed by atoms with Crippen molar-refractivity contribution in [3.8, 4) is 0 Å². The van der Waals surface area contributed by atoms with Gasteiger partial charge in [-0.2, -0.15) is 0 Å². The van der Waals surface area contributed by atoms with Crippen LogP contribution in [-0.4, -0.2) is 38.7 Å². The van der Waals surface area contributed by atoms with Gasteiger partial charge in [0.2, 0.25) is 0 Å². The molecular weight excluding hydrogens is 441 g/mol. The minimum absolute atomic E-state index is 0. The second kappa shape index (κ2) is 14.8. The monoisotopic (exact) mass is 475 g/mol. The summed E-state index contributed by atoms with van der Waals surface area (Å²) >= 11 is 0. The van der Waals surface area contributed by atoms with E-state index in [1.807, 2.05) is 0 Å². The number of methoxy groups -OCH3 is 1. The Labute approximate surface area is 175 Å². The zero-order valence-corrected chi connectivity index (χ0v) is 18.8. The highest BCUT2D eigenvalue weighted by molar-refractivity contribution is 14.0. The molecule has 1 aromatic carbocycles. The molecule has 0 aliphatic rings. The standard InChI is InChI=1S/C20H33N3O2.HI/c1-5-21-20(22-13-8-6-7-12-19(24)25-4)23-15-17(3)18-11-9-10-16(2)14-18;/h9-11,14,17H,5-8,12-13,15H2,1-4H3,(H2,21,22,23);1H. The Balaban J connectivity index is 0.00000625. The number of unbranched alkanes of at least 4 members (excludes halogenated alkanes) is 2. The third-order valence-corrected chi connectivity index (χ3v) is 4.06. The van der Waals surface area contributed by atoms with Gasteiger partial charge < -0.3 is 15.4 Å². The van der Waals surface area contributed by atoms with Gasteiger partial charge in [-0.05, 0) is 32.3 Å². The summed E-state index contributed by atoms with van der Waals surface area (Å²) in [7, 11) is 1.43. The quantitative estimate of drug-likeness (QED) is 0.177. The lowest BCUT2D eigenvalue weighted by molar-refractivity contribution is -0.140. The van der Waals surface area contributed by atoms with Crippen molar-refractivity contribution in [3.63, 3.8) is 0 Å². The first-order valence-electron chi connectivity index (χ1n) is 9.22. The van der Waals surface area contributed by atoms with Gasteiger partial charge in [-0.15, -0.1) is 24.0 Å². The van der Waals surface area contributed by atoms with Crippen LogP contribution in [0.1, 0.15) is 56.6 Å². The lowest BCUT2D eigenvalue weighted by Gasteiger charge is -2.14. The molecule has 0 saturated carbocycles. The van der Waals surface area contributed by atoms with E-state index in [4.69, 9.17) is 4.99 Å². The van der Waals surface area contributed by atoms with E-state index in [1.165, 1.54) is 18.2 Å². The molecule has 0 bridgehead atoms. The Hall–Kier alpha value is -1.31. The number of benzene rings is 1. The topological polar surface area (TPSA) is 62.7 Å². The van der Waals surface area contributed by atoms with Gasteiger partial charge >= 0.3 is 5.97 Å². The van der Waals surface area contributed by atoms with Crippen molar-refractivity contribution in [2.24, 2.45) is 4.99 Å². The number of aryl methyl sites for hydroxylation is 1. The number of carbonyl (C=O) groups excluding carboxylic acids is 1. The molecule has 26 heavy (non-hydrogen) atoms. The normalized spacial score (nSPS) is 12.1. The maximum absolute atomic E-state index is 11.1. The van der Waals surface area contributed by atoms with Crippen molar-refractivity contribution < 1.29 is 9.53 Å². The Morgan fingerprint density at radius 1 is 1.23 bits per heavy atom. The maximum atomic E-state index is 11.1. The smallest absolute Gasteiger partial charge is 0.305 e. The minimum Gasteiger partial charge on any atom is -0.469 e. The summed E-state index contributed by atoms with van der Waals surface area (Å²) in [5, 5.41) is 6.65. The summed E-state index contributed by atoms with van der Waals surface area (Å²) < 4.78 is 4.64. The van der Waals surface area contributed by atoms with Crippen molar-refractivity contribution in [2.75, 3.05) is 26.7 Å². The number of guanidine groups is 1. The van der Waals surface area contributed by atoms with Gasteiger partial charge in [0.25, 0.3) is 0 Å². The molecule has 0 aliphatic carbocycles. The second-order valence-electron chi connectivity index (χ2n) is 6.35. The predicted octanol–water partition coefficient (Wildman–Crippen LogP) is 4.01. The number of halogens is 1. The highest BCUT2D eigenvalue weighted by Gasteiger charge is 2.06. The minimum atomic E-state index is -0.131. The first-order chi connectivity index (χ1) is 12.1. The molecule has 0 amide bonds. The van der Waals surface area contributed by atoms with Crippen molar-refractivity contribution >= 4 is 35.9 Å². The van der Waals surface area contributed by atoms with Gasteiger partial charge in [0.15, 0.2) is 5.96 Å². The molecule has 5 nitrogen and oxygen atoms in total. The predicted molar refractivity (Wildman–Crippen MR) is 119 cm³/mol. The van der Waals surface area contributed by atoms with Crippen LogP contribution in [0.25, 0.3) is 0 Å². The highest BCUT2D eigenvalue weighted by atomic mass is 127. The van der Waals surface area contributed by atoms with Crippen molar-refractivity contribution in [2.45, 2.75) is 52.4 Å². The lowest BCUT2D eigenvalue weighted by atomic mass is 10.00. The molecule has 1 atom stereocenters. The number of hydrogen-bond donors (Lipinski definition) is 2. The molecule has 0 radical (unpaired) electrons. The first-order valence-corrected chi connectivity index (χ1v) is 9.22. The Morgan fingerprint density at radius 3 is 2.65 bits per heavy atom. The van der Waals surface area contributed by atoms with Crippen LogP contribution in [0.3, 0.4) is 0 Å². The summed E-state index contributed by atoms with van der Waals surface area (Å²) in [4.78, 5) is 15.8. The molecule has 148 valence electrons. The van der Waals surface area contributed by atoms with E-state index in [2.05, 4.69) is 60.4 Å². The second-order valence-corrected chi connectivity index (χ2v) is 6.35. The Kier molecular flexibility index (Phi) is 14.1. The third-order valence-electron chi connectivity index (χ3n) is 4.06. The van der Waals surface area contributed by atoms with E-state index >= 15 is 0 Å². The molecule has 1 unspecified atom stereocenters. The maximum Gasteiger partial charge on any atom is 0.305 e. The van der Waals surface area contributed by atoms with Crippen LogP contribution in [0.5, 0.6) is 0 Å². The summed E-state index contributed by atoms with van der Waals surface area (Å²) in [6.45, 7) is 8.83. The van der Waals surface area contributed by atoms with Crippen LogP contribution in [-0.2, 0) is 9.53 Å². The highest BCUT2D eigenvalue weighted by Crippen LogP contribution is 2.16. The van der Waals surface area contributed by atoms with Crippen molar-refractivity contribution in [1.82, 2.24) is 10.6 Å². The van der Waals surface area contributed by atoms with E-state index in [0.29, 0.717) is 12.3 Å². The average Bonchev–Trinajstić information content (AvgIpc) is 2.61. The number of nitrogens with zero attached hydrogens (tertiary/aromatic N) is 1. The number of esters is 1. The van der Waals surface area contributed by atoms with Crippen LogP contribution in [0.15, 0.2) is 29.3 Å². The van der Waals surface area contributed by atoms with Crippen LogP contribution in [0.2, 0.25) is 0 Å². The molecule has 0 aromatic heterocycles. The van der Waals surface area contributed by atoms with Crippen LogP contribution < -0.4 is 10.6 Å². The van der Waals surface area contributed by atoms with Crippen molar-refractivity contribution in [3.05, 3.63) is 35.4 Å². The summed E-state index contributed by atoms with van der Waals surface area (Å²) in [5.74, 6) is 1.11. The van der Waals surface area contributed by atoms with E-state index in [-0.39, 0.29) is 29.9 Å². The van der Waals surface area contributed by atoms with Gasteiger partial charge in [-0.25, -0.2) is 0 Å². The fraction of sp³-hybridized carbons (Fsp3) is 0.600. The van der Waals surface area contributed by atoms with Gasteiger partial charge in [0.1, 0.15) is 0 Å². The lowest BCUT2D eigenvalue weighted by Crippen LogP contribution is -2.38. The number of aliphatic imine (C=N–C) groups is 1. The van der Waals surface area contributed by atoms with E-state index in [9.17, 15) is 4.79 Å².